The lowest BCUT2D eigenvalue weighted by Gasteiger charge is -1.87. The molecule has 0 unspecified atom stereocenters. The van der Waals surface area contributed by atoms with Crippen LogP contribution in [0.4, 0.5) is 0 Å². The van der Waals surface area contributed by atoms with Gasteiger partial charge in [0, 0.05) is 0 Å². The van der Waals surface area contributed by atoms with Crippen LogP contribution >= 0.6 is 11.1 Å². The Morgan fingerprint density at radius 1 is 2.00 bits per heavy atom. The van der Waals surface area contributed by atoms with Gasteiger partial charge in [0.2, 0.25) is 0 Å². The van der Waals surface area contributed by atoms with Crippen LogP contribution in [0.25, 0.3) is 0 Å². The zero-order valence-corrected chi connectivity index (χ0v) is 6.45. The van der Waals surface area contributed by atoms with Crippen molar-refractivity contribution in [2.75, 3.05) is 0 Å². The molecule has 0 aliphatic carbocycles. The highest BCUT2D eigenvalue weighted by Gasteiger charge is 1.80. The molecule has 40 valence electrons. The number of rotatable bonds is 4. The number of hydrogen-bond donors (Lipinski definition) is 1. The van der Waals surface area contributed by atoms with Gasteiger partial charge in [0.1, 0.15) is 0 Å². The molecule has 0 aromatic carbocycles. The topological polar surface area (TPSA) is 12.0 Å². The second-order valence-corrected chi connectivity index (χ2v) is 2.78. The van der Waals surface area contributed by atoms with Crippen molar-refractivity contribution in [3.8, 4) is 0 Å². The standard InChI is InChI=1S/C3H9BClNSi/c1-2-3-4-6-7-5/h2,4,6H,1,3,7H2. The summed E-state index contributed by atoms with van der Waals surface area (Å²) in [5.41, 5.74) is 0. The molecule has 4 heteroatoms. The van der Waals surface area contributed by atoms with Gasteiger partial charge in [-0.3, -0.25) is 0 Å². The molecule has 0 atom stereocenters. The molecule has 0 saturated heterocycles. The fraction of sp³-hybridized carbons (Fsp3) is 0.333. The molecule has 1 nitrogen and oxygen atoms in total. The lowest BCUT2D eigenvalue weighted by Crippen LogP contribution is -2.18. The van der Waals surface area contributed by atoms with Crippen LogP contribution in [0.3, 0.4) is 0 Å². The molecule has 0 spiro atoms. The fourth-order valence-electron chi connectivity index (χ4n) is 0.271. The second kappa shape index (κ2) is 6.27. The van der Waals surface area contributed by atoms with E-state index in [2.05, 4.69) is 11.5 Å². The van der Waals surface area contributed by atoms with Gasteiger partial charge >= 0.3 is 0 Å². The van der Waals surface area contributed by atoms with E-state index in [0.29, 0.717) is 0 Å². The van der Waals surface area contributed by atoms with Crippen molar-refractivity contribution in [3.63, 3.8) is 0 Å². The van der Waals surface area contributed by atoms with E-state index in [-0.39, 0.29) is 0 Å². The molecule has 0 aliphatic rings. The lowest BCUT2D eigenvalue weighted by atomic mass is 9.92. The van der Waals surface area contributed by atoms with Crippen LogP contribution < -0.4 is 4.89 Å². The first-order chi connectivity index (χ1) is 3.41. The lowest BCUT2D eigenvalue weighted by molar-refractivity contribution is 1.53. The largest absolute Gasteiger partial charge is 0.374 e. The molecule has 0 rings (SSSR count). The van der Waals surface area contributed by atoms with Gasteiger partial charge in [-0.15, -0.1) is 6.58 Å². The van der Waals surface area contributed by atoms with Crippen LogP contribution in [0.1, 0.15) is 0 Å². The maximum atomic E-state index is 5.43. The third-order valence-corrected chi connectivity index (χ3v) is 1.73. The molecule has 0 aliphatic heterocycles. The zero-order valence-electron chi connectivity index (χ0n) is 4.28. The summed E-state index contributed by atoms with van der Waals surface area (Å²) in [6.45, 7) is 3.56. The van der Waals surface area contributed by atoms with Crippen molar-refractivity contribution >= 4 is 27.5 Å². The van der Waals surface area contributed by atoms with E-state index in [0.717, 1.165) is 13.7 Å². The molecule has 0 saturated carbocycles. The molecular formula is C3H9BClNSi. The number of hydrogen-bond acceptors (Lipinski definition) is 1. The Morgan fingerprint density at radius 3 is 3.14 bits per heavy atom. The number of halogens is 1. The number of nitrogens with one attached hydrogen (secondary N) is 1. The first-order valence-corrected chi connectivity index (χ1v) is 5.14. The van der Waals surface area contributed by atoms with Crippen molar-refractivity contribution in [2.45, 2.75) is 6.32 Å². The van der Waals surface area contributed by atoms with Crippen LogP contribution in [0, 0.1) is 0 Å². The smallest absolute Gasteiger partial charge is 0.198 e. The zero-order chi connectivity index (χ0) is 5.54. The van der Waals surface area contributed by atoms with Crippen LogP contribution in [0.15, 0.2) is 12.7 Å². The van der Waals surface area contributed by atoms with Gasteiger partial charge in [-0.2, -0.15) is 11.1 Å². The van der Waals surface area contributed by atoms with Crippen molar-refractivity contribution in [2.24, 2.45) is 0 Å². The average molecular weight is 133 g/mol. The molecule has 0 bridgehead atoms. The Morgan fingerprint density at radius 2 is 2.71 bits per heavy atom. The van der Waals surface area contributed by atoms with Crippen LogP contribution in [-0.2, 0) is 0 Å². The Hall–Kier alpha value is 0.272. The first-order valence-electron chi connectivity index (χ1n) is 2.29. The molecule has 1 N–H and O–H groups in total. The van der Waals surface area contributed by atoms with Crippen molar-refractivity contribution in [1.82, 2.24) is 4.89 Å². The predicted molar refractivity (Wildman–Crippen MR) is 39.7 cm³/mol. The first kappa shape index (κ1) is 7.27. The monoisotopic (exact) mass is 133 g/mol. The van der Waals surface area contributed by atoms with Gasteiger partial charge in [0.05, 0.1) is 0 Å². The minimum atomic E-state index is -0.432. The molecular weight excluding hydrogens is 124 g/mol. The van der Waals surface area contributed by atoms with Crippen molar-refractivity contribution in [3.05, 3.63) is 12.7 Å². The van der Waals surface area contributed by atoms with Gasteiger partial charge in [-0.1, -0.05) is 6.08 Å². The Bertz CT molecular complexity index is 52.2. The number of allylic oxidation sites excluding steroid dienone is 1. The van der Waals surface area contributed by atoms with Crippen LogP contribution in [0.2, 0.25) is 6.32 Å². The summed E-state index contributed by atoms with van der Waals surface area (Å²) in [4.78, 5) is 3.08. The van der Waals surface area contributed by atoms with Crippen LogP contribution in [0.5, 0.6) is 0 Å². The molecule has 0 aromatic rings. The minimum absolute atomic E-state index is 0.432. The van der Waals surface area contributed by atoms with E-state index in [1.807, 2.05) is 6.08 Å². The van der Waals surface area contributed by atoms with Gasteiger partial charge < -0.3 is 4.89 Å². The summed E-state index contributed by atoms with van der Waals surface area (Å²) < 4.78 is 0. The Labute approximate surface area is 52.0 Å². The highest BCUT2D eigenvalue weighted by molar-refractivity contribution is 6.94. The summed E-state index contributed by atoms with van der Waals surface area (Å²) >= 11 is 5.43. The summed E-state index contributed by atoms with van der Waals surface area (Å²) in [5.74, 6) is 0. The van der Waals surface area contributed by atoms with E-state index in [1.54, 1.807) is 0 Å². The minimum Gasteiger partial charge on any atom is -0.374 e. The molecule has 0 aromatic heterocycles. The normalized spacial score (nSPS) is 9.86. The predicted octanol–water partition coefficient (Wildman–Crippen LogP) is -0.231. The molecule has 0 heterocycles. The quantitative estimate of drug-likeness (QED) is 0.242. The fourth-order valence-corrected chi connectivity index (χ4v) is 1.01. The van der Waals surface area contributed by atoms with Crippen LogP contribution in [-0.4, -0.2) is 16.4 Å². The van der Waals surface area contributed by atoms with E-state index < -0.39 is 8.99 Å². The van der Waals surface area contributed by atoms with Gasteiger partial charge in [-0.05, 0) is 6.32 Å². The van der Waals surface area contributed by atoms with Crippen molar-refractivity contribution < 1.29 is 0 Å². The van der Waals surface area contributed by atoms with E-state index in [1.165, 1.54) is 0 Å². The third kappa shape index (κ3) is 6.27. The average Bonchev–Trinajstić information content (AvgIpc) is 1.69. The highest BCUT2D eigenvalue weighted by atomic mass is 35.6. The Balaban J connectivity index is 2.56. The van der Waals surface area contributed by atoms with E-state index in [9.17, 15) is 0 Å². The van der Waals surface area contributed by atoms with Gasteiger partial charge in [-0.25, -0.2) is 0 Å². The summed E-state index contributed by atoms with van der Waals surface area (Å²) in [6, 6.07) is 0. The van der Waals surface area contributed by atoms with Gasteiger partial charge in [0.15, 0.2) is 16.4 Å². The second-order valence-electron chi connectivity index (χ2n) is 1.21. The highest BCUT2D eigenvalue weighted by Crippen LogP contribution is 1.72. The van der Waals surface area contributed by atoms with Gasteiger partial charge in [0.25, 0.3) is 0 Å². The summed E-state index contributed by atoms with van der Waals surface area (Å²) in [7, 11) is 0.567. The molecule has 7 heavy (non-hydrogen) atoms. The Kier molecular flexibility index (Phi) is 6.52. The maximum absolute atomic E-state index is 5.43. The molecule has 0 radical (unpaired) electrons. The summed E-state index contributed by atoms with van der Waals surface area (Å²) in [6.07, 6.45) is 2.91. The van der Waals surface area contributed by atoms with Crippen molar-refractivity contribution in [1.29, 1.82) is 0 Å². The maximum Gasteiger partial charge on any atom is 0.198 e. The van der Waals surface area contributed by atoms with E-state index >= 15 is 0 Å². The van der Waals surface area contributed by atoms with E-state index in [4.69, 9.17) is 11.1 Å². The summed E-state index contributed by atoms with van der Waals surface area (Å²) in [5, 5.41) is 0. The SMILES string of the molecule is C=CCBN[SiH2]Cl. The molecule has 0 amide bonds. The molecule has 0 fully saturated rings. The third-order valence-electron chi connectivity index (χ3n) is 0.620.